The first kappa shape index (κ1) is 21.0. The summed E-state index contributed by atoms with van der Waals surface area (Å²) in [7, 11) is 1.64. The Balaban J connectivity index is 1.30. The van der Waals surface area contributed by atoms with Gasteiger partial charge in [0.2, 0.25) is 0 Å². The maximum absolute atomic E-state index is 12.4. The zero-order valence-corrected chi connectivity index (χ0v) is 18.4. The number of methoxy groups -OCH3 is 1. The summed E-state index contributed by atoms with van der Waals surface area (Å²) >= 11 is 0. The first-order valence-electron chi connectivity index (χ1n) is 10.4. The van der Waals surface area contributed by atoms with Crippen LogP contribution in [0.4, 0.5) is 4.79 Å². The van der Waals surface area contributed by atoms with Gasteiger partial charge in [-0.1, -0.05) is 0 Å². The smallest absolute Gasteiger partial charge is 0.410 e. The first-order valence-corrected chi connectivity index (χ1v) is 10.4. The SMILES string of the molecule is COc1ccc(-c2n[nH]c(CNC3=NCC4CN(C(=O)OC(C)(C)C)CCN34)n2)cc1. The van der Waals surface area contributed by atoms with Gasteiger partial charge in [0.05, 0.1) is 26.2 Å². The minimum absolute atomic E-state index is 0.161. The normalized spacial score (nSPS) is 18.5. The number of nitrogens with one attached hydrogen (secondary N) is 2. The number of carbonyl (C=O) groups excluding carboxylic acids is 1. The van der Waals surface area contributed by atoms with Crippen molar-refractivity contribution < 1.29 is 14.3 Å². The van der Waals surface area contributed by atoms with Gasteiger partial charge in [0, 0.05) is 25.2 Å². The van der Waals surface area contributed by atoms with Crippen molar-refractivity contribution in [3.8, 4) is 17.1 Å². The molecule has 31 heavy (non-hydrogen) atoms. The predicted molar refractivity (Wildman–Crippen MR) is 116 cm³/mol. The van der Waals surface area contributed by atoms with E-state index < -0.39 is 5.60 Å². The molecule has 1 aromatic heterocycles. The summed E-state index contributed by atoms with van der Waals surface area (Å²) in [5, 5.41) is 10.6. The van der Waals surface area contributed by atoms with E-state index in [9.17, 15) is 4.79 Å². The van der Waals surface area contributed by atoms with Crippen LogP contribution >= 0.6 is 0 Å². The number of amides is 1. The van der Waals surface area contributed by atoms with Crippen molar-refractivity contribution in [2.75, 3.05) is 33.3 Å². The second-order valence-electron chi connectivity index (χ2n) is 8.63. The quantitative estimate of drug-likeness (QED) is 0.767. The van der Waals surface area contributed by atoms with Gasteiger partial charge >= 0.3 is 6.09 Å². The zero-order chi connectivity index (χ0) is 22.0. The third-order valence-electron chi connectivity index (χ3n) is 5.15. The van der Waals surface area contributed by atoms with Crippen molar-refractivity contribution in [3.05, 3.63) is 30.1 Å². The van der Waals surface area contributed by atoms with Gasteiger partial charge in [-0.2, -0.15) is 5.10 Å². The van der Waals surface area contributed by atoms with E-state index in [0.29, 0.717) is 38.5 Å². The van der Waals surface area contributed by atoms with Crippen molar-refractivity contribution in [2.45, 2.75) is 39.0 Å². The molecule has 1 fully saturated rings. The molecule has 2 aliphatic rings. The Kier molecular flexibility index (Phi) is 5.71. The molecule has 0 spiro atoms. The van der Waals surface area contributed by atoms with E-state index in [-0.39, 0.29) is 12.1 Å². The lowest BCUT2D eigenvalue weighted by Gasteiger charge is -2.39. The molecular weight excluding hydrogens is 398 g/mol. The largest absolute Gasteiger partial charge is 0.497 e. The molecule has 166 valence electrons. The molecule has 2 aliphatic heterocycles. The summed E-state index contributed by atoms with van der Waals surface area (Å²) in [6.45, 7) is 8.70. The lowest BCUT2D eigenvalue weighted by Crippen LogP contribution is -2.57. The Hall–Kier alpha value is -3.30. The maximum atomic E-state index is 12.4. The van der Waals surface area contributed by atoms with E-state index in [1.165, 1.54) is 0 Å². The van der Waals surface area contributed by atoms with Crippen LogP contribution in [0.3, 0.4) is 0 Å². The standard InChI is InChI=1S/C21H29N7O3/c1-21(2,3)31-20(29)27-9-10-28-15(13-27)11-22-19(28)23-12-17-24-18(26-25-17)14-5-7-16(30-4)8-6-14/h5-8,15H,9-13H2,1-4H3,(H,22,23)(H,24,25,26). The highest BCUT2D eigenvalue weighted by Crippen LogP contribution is 2.20. The van der Waals surface area contributed by atoms with Crippen LogP contribution in [0.1, 0.15) is 26.6 Å². The Labute approximate surface area is 181 Å². The number of piperazine rings is 1. The number of H-pyrrole nitrogens is 1. The maximum Gasteiger partial charge on any atom is 0.410 e. The molecule has 2 N–H and O–H groups in total. The third kappa shape index (κ3) is 4.89. The third-order valence-corrected chi connectivity index (χ3v) is 5.15. The van der Waals surface area contributed by atoms with E-state index in [0.717, 1.165) is 23.1 Å². The van der Waals surface area contributed by atoms with Crippen molar-refractivity contribution in [1.82, 2.24) is 30.3 Å². The molecule has 2 aromatic rings. The minimum atomic E-state index is -0.491. The Morgan fingerprint density at radius 3 is 2.74 bits per heavy atom. The number of aromatic amines is 1. The second kappa shape index (κ2) is 8.44. The lowest BCUT2D eigenvalue weighted by molar-refractivity contribution is 0.0137. The fourth-order valence-corrected chi connectivity index (χ4v) is 3.63. The number of hydrogen-bond donors (Lipinski definition) is 2. The molecule has 4 rings (SSSR count). The number of aromatic nitrogens is 3. The van der Waals surface area contributed by atoms with Gasteiger partial charge in [-0.15, -0.1) is 0 Å². The molecule has 1 unspecified atom stereocenters. The van der Waals surface area contributed by atoms with Crippen molar-refractivity contribution in [2.24, 2.45) is 4.99 Å². The van der Waals surface area contributed by atoms with Crippen molar-refractivity contribution in [1.29, 1.82) is 0 Å². The Morgan fingerprint density at radius 2 is 2.03 bits per heavy atom. The van der Waals surface area contributed by atoms with Crippen LogP contribution in [0.2, 0.25) is 0 Å². The van der Waals surface area contributed by atoms with Crippen LogP contribution in [-0.2, 0) is 11.3 Å². The molecule has 1 amide bonds. The predicted octanol–water partition coefficient (Wildman–Crippen LogP) is 1.86. The summed E-state index contributed by atoms with van der Waals surface area (Å²) in [5.41, 5.74) is 0.425. The molecule has 1 saturated heterocycles. The van der Waals surface area contributed by atoms with Crippen LogP contribution < -0.4 is 10.1 Å². The van der Waals surface area contributed by atoms with Gasteiger partial charge < -0.3 is 24.6 Å². The number of nitrogens with zero attached hydrogens (tertiary/aromatic N) is 5. The Morgan fingerprint density at radius 1 is 1.26 bits per heavy atom. The average molecular weight is 428 g/mol. The lowest BCUT2D eigenvalue weighted by atomic mass is 10.2. The Bertz CT molecular complexity index is 949. The summed E-state index contributed by atoms with van der Waals surface area (Å²) in [4.78, 5) is 25.5. The van der Waals surface area contributed by atoms with E-state index in [2.05, 4.69) is 30.4 Å². The number of aliphatic imine (C=N–C) groups is 1. The topological polar surface area (TPSA) is 108 Å². The van der Waals surface area contributed by atoms with Crippen molar-refractivity contribution >= 4 is 12.1 Å². The molecule has 0 saturated carbocycles. The number of ether oxygens (including phenoxy) is 2. The first-order chi connectivity index (χ1) is 14.8. The fourth-order valence-electron chi connectivity index (χ4n) is 3.63. The number of guanidine groups is 1. The highest BCUT2D eigenvalue weighted by Gasteiger charge is 2.36. The van der Waals surface area contributed by atoms with E-state index in [4.69, 9.17) is 9.47 Å². The van der Waals surface area contributed by atoms with Crippen molar-refractivity contribution in [3.63, 3.8) is 0 Å². The molecule has 1 aromatic carbocycles. The summed E-state index contributed by atoms with van der Waals surface area (Å²) in [5.74, 6) is 2.99. The van der Waals surface area contributed by atoms with E-state index in [1.807, 2.05) is 45.0 Å². The molecule has 1 atom stereocenters. The van der Waals surface area contributed by atoms with Gasteiger partial charge in [0.15, 0.2) is 11.8 Å². The minimum Gasteiger partial charge on any atom is -0.497 e. The molecule has 3 heterocycles. The van der Waals surface area contributed by atoms with Gasteiger partial charge in [0.1, 0.15) is 17.2 Å². The zero-order valence-electron chi connectivity index (χ0n) is 18.4. The van der Waals surface area contributed by atoms with Crippen LogP contribution in [0.15, 0.2) is 29.3 Å². The highest BCUT2D eigenvalue weighted by atomic mass is 16.6. The molecule has 0 aliphatic carbocycles. The molecule has 10 heteroatoms. The molecule has 0 bridgehead atoms. The van der Waals surface area contributed by atoms with E-state index in [1.54, 1.807) is 12.0 Å². The summed E-state index contributed by atoms with van der Waals surface area (Å²) < 4.78 is 10.7. The van der Waals surface area contributed by atoms with Gasteiger partial charge in [0.25, 0.3) is 0 Å². The number of fused-ring (bicyclic) bond motifs is 1. The monoisotopic (exact) mass is 427 g/mol. The molecular formula is C21H29N7O3. The van der Waals surface area contributed by atoms with Crippen LogP contribution in [0.25, 0.3) is 11.4 Å². The number of rotatable bonds is 4. The fraction of sp³-hybridized carbons (Fsp3) is 0.524. The number of carbonyl (C=O) groups is 1. The van der Waals surface area contributed by atoms with Crippen LogP contribution in [0.5, 0.6) is 5.75 Å². The van der Waals surface area contributed by atoms with Crippen LogP contribution in [-0.4, -0.2) is 82.0 Å². The summed E-state index contributed by atoms with van der Waals surface area (Å²) in [6, 6.07) is 7.78. The number of benzene rings is 1. The van der Waals surface area contributed by atoms with E-state index >= 15 is 0 Å². The van der Waals surface area contributed by atoms with Crippen LogP contribution in [0, 0.1) is 0 Å². The average Bonchev–Trinajstić information content (AvgIpc) is 3.37. The van der Waals surface area contributed by atoms with Gasteiger partial charge in [-0.3, -0.25) is 10.1 Å². The van der Waals surface area contributed by atoms with Gasteiger partial charge in [-0.05, 0) is 45.0 Å². The highest BCUT2D eigenvalue weighted by molar-refractivity contribution is 5.82. The molecule has 0 radical (unpaired) electrons. The number of hydrogen-bond acceptors (Lipinski definition) is 8. The van der Waals surface area contributed by atoms with Gasteiger partial charge in [-0.25, -0.2) is 9.78 Å². The second-order valence-corrected chi connectivity index (χ2v) is 8.63. The summed E-state index contributed by atoms with van der Waals surface area (Å²) in [6.07, 6.45) is -0.263. The molecule has 10 nitrogen and oxygen atoms in total.